The van der Waals surface area contributed by atoms with E-state index in [4.69, 9.17) is 0 Å². The summed E-state index contributed by atoms with van der Waals surface area (Å²) in [7, 11) is 0. The van der Waals surface area contributed by atoms with E-state index in [9.17, 15) is 23.5 Å². The lowest BCUT2D eigenvalue weighted by Crippen LogP contribution is -2.43. The predicted molar refractivity (Wildman–Crippen MR) is 59.3 cm³/mol. The lowest BCUT2D eigenvalue weighted by molar-refractivity contribution is -0.115. The first-order chi connectivity index (χ1) is 8.34. The largest absolute Gasteiger partial charge is 0.391 e. The summed E-state index contributed by atoms with van der Waals surface area (Å²) >= 11 is 0. The summed E-state index contributed by atoms with van der Waals surface area (Å²) in [6, 6.07) is 0.726. The third-order valence-electron chi connectivity index (χ3n) is 3.04. The van der Waals surface area contributed by atoms with E-state index >= 15 is 0 Å². The molecule has 0 saturated carbocycles. The number of Topliss-reactive ketones (excluding diaryl/α,β-unsaturated/α-hetero) is 1. The topological polar surface area (TPSA) is 57.6 Å². The zero-order valence-corrected chi connectivity index (χ0v) is 9.78. The minimum absolute atomic E-state index is 0.129. The molecule has 6 heteroatoms. The number of ketones is 1. The van der Waals surface area contributed by atoms with E-state index in [1.807, 2.05) is 0 Å². The van der Waals surface area contributed by atoms with Gasteiger partial charge in [0.25, 0.3) is 11.7 Å². The molecule has 1 N–H and O–H groups in total. The third kappa shape index (κ3) is 1.69. The summed E-state index contributed by atoms with van der Waals surface area (Å²) in [6.45, 7) is 2.92. The van der Waals surface area contributed by atoms with Gasteiger partial charge in [-0.25, -0.2) is 8.78 Å². The predicted octanol–water partition coefficient (Wildman–Crippen LogP) is 1.26. The van der Waals surface area contributed by atoms with Gasteiger partial charge in [0.2, 0.25) is 0 Å². The van der Waals surface area contributed by atoms with Crippen LogP contribution in [0.25, 0.3) is 0 Å². The second kappa shape index (κ2) is 4.13. The van der Waals surface area contributed by atoms with Crippen molar-refractivity contribution in [3.05, 3.63) is 29.3 Å². The Hall–Kier alpha value is -1.82. The maximum Gasteiger partial charge on any atom is 0.299 e. The number of hydrogen-bond donors (Lipinski definition) is 1. The van der Waals surface area contributed by atoms with Crippen LogP contribution in [-0.2, 0) is 4.79 Å². The average Bonchev–Trinajstić information content (AvgIpc) is 2.50. The Balaban J connectivity index is 2.62. The summed E-state index contributed by atoms with van der Waals surface area (Å²) in [6.07, 6.45) is -0.931. The van der Waals surface area contributed by atoms with Crippen molar-refractivity contribution in [3.63, 3.8) is 0 Å². The molecule has 1 aromatic carbocycles. The van der Waals surface area contributed by atoms with Crippen LogP contribution in [0.2, 0.25) is 0 Å². The van der Waals surface area contributed by atoms with Crippen molar-refractivity contribution >= 4 is 17.4 Å². The lowest BCUT2D eigenvalue weighted by Gasteiger charge is -2.26. The molecule has 18 heavy (non-hydrogen) atoms. The van der Waals surface area contributed by atoms with Crippen LogP contribution in [-0.4, -0.2) is 28.9 Å². The molecular formula is C12H11F2NO3. The normalized spacial score (nSPS) is 17.9. The van der Waals surface area contributed by atoms with E-state index < -0.39 is 41.0 Å². The van der Waals surface area contributed by atoms with Crippen LogP contribution in [0.15, 0.2) is 12.1 Å². The van der Waals surface area contributed by atoms with Crippen LogP contribution in [0, 0.1) is 11.6 Å². The number of carbonyl (C=O) groups is 2. The van der Waals surface area contributed by atoms with Crippen molar-refractivity contribution in [1.82, 2.24) is 0 Å². The number of halogens is 2. The highest BCUT2D eigenvalue weighted by Gasteiger charge is 2.42. The molecule has 2 rings (SSSR count). The van der Waals surface area contributed by atoms with Gasteiger partial charge in [-0.05, 0) is 19.9 Å². The van der Waals surface area contributed by atoms with E-state index in [0.29, 0.717) is 6.07 Å². The number of nitrogens with zero attached hydrogens (tertiary/aromatic N) is 1. The van der Waals surface area contributed by atoms with Gasteiger partial charge in [-0.1, -0.05) is 0 Å². The van der Waals surface area contributed by atoms with E-state index in [2.05, 4.69) is 0 Å². The summed E-state index contributed by atoms with van der Waals surface area (Å²) in [5.74, 6) is -3.92. The molecule has 0 fully saturated rings. The smallest absolute Gasteiger partial charge is 0.299 e. The maximum absolute atomic E-state index is 13.5. The summed E-state index contributed by atoms with van der Waals surface area (Å²) in [4.78, 5) is 24.3. The van der Waals surface area contributed by atoms with Gasteiger partial charge in [-0.3, -0.25) is 14.5 Å². The SMILES string of the molecule is CC(O)C(C)N1C(=O)C(=O)c2c(F)cc(F)cc21. The maximum atomic E-state index is 13.5. The van der Waals surface area contributed by atoms with Gasteiger partial charge >= 0.3 is 0 Å². The Labute approximate surface area is 102 Å². The zero-order chi connectivity index (χ0) is 13.6. The first-order valence-electron chi connectivity index (χ1n) is 5.39. The number of fused-ring (bicyclic) bond motifs is 1. The quantitative estimate of drug-likeness (QED) is 0.809. The molecule has 2 unspecified atom stereocenters. The number of benzene rings is 1. The number of anilines is 1. The highest BCUT2D eigenvalue weighted by atomic mass is 19.1. The van der Waals surface area contributed by atoms with Crippen molar-refractivity contribution in [2.24, 2.45) is 0 Å². The van der Waals surface area contributed by atoms with Crippen LogP contribution in [0.5, 0.6) is 0 Å². The first-order valence-corrected chi connectivity index (χ1v) is 5.39. The molecule has 0 bridgehead atoms. The standard InChI is InChI=1S/C12H11F2NO3/c1-5(6(2)16)15-9-4-7(13)3-8(14)10(9)11(17)12(15)18/h3-6,16H,1-2H3. The van der Waals surface area contributed by atoms with Crippen LogP contribution >= 0.6 is 0 Å². The average molecular weight is 255 g/mol. The van der Waals surface area contributed by atoms with Crippen molar-refractivity contribution in [1.29, 1.82) is 0 Å². The number of aliphatic hydroxyl groups excluding tert-OH is 1. The Bertz CT molecular complexity index is 542. The summed E-state index contributed by atoms with van der Waals surface area (Å²) in [5, 5.41) is 9.46. The molecule has 1 aliphatic heterocycles. The van der Waals surface area contributed by atoms with Crippen LogP contribution < -0.4 is 4.90 Å². The fourth-order valence-corrected chi connectivity index (χ4v) is 1.92. The molecule has 1 aromatic rings. The zero-order valence-electron chi connectivity index (χ0n) is 9.78. The monoisotopic (exact) mass is 255 g/mol. The van der Waals surface area contributed by atoms with Crippen molar-refractivity contribution in [2.75, 3.05) is 4.90 Å². The molecule has 0 saturated heterocycles. The number of hydrogen-bond acceptors (Lipinski definition) is 3. The highest BCUT2D eigenvalue weighted by molar-refractivity contribution is 6.52. The van der Waals surface area contributed by atoms with Gasteiger partial charge in [-0.2, -0.15) is 0 Å². The molecule has 0 radical (unpaired) electrons. The molecular weight excluding hydrogens is 244 g/mol. The first kappa shape index (κ1) is 12.6. The Morgan fingerprint density at radius 3 is 2.39 bits per heavy atom. The van der Waals surface area contributed by atoms with Crippen molar-refractivity contribution in [2.45, 2.75) is 26.0 Å². The van der Waals surface area contributed by atoms with Gasteiger partial charge in [0.1, 0.15) is 11.6 Å². The molecule has 2 atom stereocenters. The van der Waals surface area contributed by atoms with Gasteiger partial charge in [-0.15, -0.1) is 0 Å². The van der Waals surface area contributed by atoms with Crippen molar-refractivity contribution < 1.29 is 23.5 Å². The number of rotatable bonds is 2. The third-order valence-corrected chi connectivity index (χ3v) is 3.04. The van der Waals surface area contributed by atoms with E-state index in [1.165, 1.54) is 13.8 Å². The fourth-order valence-electron chi connectivity index (χ4n) is 1.92. The molecule has 1 aliphatic rings. The summed E-state index contributed by atoms with van der Waals surface area (Å²) in [5.41, 5.74) is -0.565. The summed E-state index contributed by atoms with van der Waals surface area (Å²) < 4.78 is 26.7. The van der Waals surface area contributed by atoms with Crippen LogP contribution in [0.4, 0.5) is 14.5 Å². The van der Waals surface area contributed by atoms with Gasteiger partial charge in [0, 0.05) is 6.07 Å². The lowest BCUT2D eigenvalue weighted by atomic mass is 10.1. The molecule has 0 aliphatic carbocycles. The minimum atomic E-state index is -1.07. The Kier molecular flexibility index (Phi) is 2.90. The van der Waals surface area contributed by atoms with Crippen LogP contribution in [0.1, 0.15) is 24.2 Å². The van der Waals surface area contributed by atoms with Gasteiger partial charge < -0.3 is 5.11 Å². The molecule has 96 valence electrons. The Morgan fingerprint density at radius 2 is 1.83 bits per heavy atom. The molecule has 0 spiro atoms. The van der Waals surface area contributed by atoms with E-state index in [1.54, 1.807) is 0 Å². The number of amides is 1. The number of carbonyl (C=O) groups excluding carboxylic acids is 2. The minimum Gasteiger partial charge on any atom is -0.391 e. The fraction of sp³-hybridized carbons (Fsp3) is 0.333. The van der Waals surface area contributed by atoms with Crippen LogP contribution in [0.3, 0.4) is 0 Å². The molecule has 1 amide bonds. The second-order valence-corrected chi connectivity index (χ2v) is 4.27. The second-order valence-electron chi connectivity index (χ2n) is 4.27. The Morgan fingerprint density at radius 1 is 1.22 bits per heavy atom. The molecule has 1 heterocycles. The number of aliphatic hydroxyl groups is 1. The molecule has 4 nitrogen and oxygen atoms in total. The highest BCUT2D eigenvalue weighted by Crippen LogP contribution is 2.33. The van der Waals surface area contributed by atoms with Gasteiger partial charge in [0.15, 0.2) is 0 Å². The van der Waals surface area contributed by atoms with Gasteiger partial charge in [0.05, 0.1) is 23.4 Å². The molecule has 0 aromatic heterocycles. The van der Waals surface area contributed by atoms with E-state index in [-0.39, 0.29) is 5.69 Å². The van der Waals surface area contributed by atoms with E-state index in [0.717, 1.165) is 11.0 Å². The van der Waals surface area contributed by atoms with Crippen molar-refractivity contribution in [3.8, 4) is 0 Å².